The van der Waals surface area contributed by atoms with Crippen molar-refractivity contribution in [1.29, 1.82) is 0 Å². The molecule has 152 valence electrons. The van der Waals surface area contributed by atoms with E-state index in [-0.39, 0.29) is 0 Å². The topological polar surface area (TPSA) is 49.2 Å². The van der Waals surface area contributed by atoms with Gasteiger partial charge in [0.1, 0.15) is 5.60 Å². The second kappa shape index (κ2) is 8.61. The molecule has 0 aliphatic heterocycles. The van der Waals surface area contributed by atoms with Gasteiger partial charge in [-0.1, -0.05) is 51.7 Å². The van der Waals surface area contributed by atoms with E-state index in [1.807, 2.05) is 62.6 Å². The summed E-state index contributed by atoms with van der Waals surface area (Å²) < 4.78 is 0. The predicted molar refractivity (Wildman–Crippen MR) is 127 cm³/mol. The van der Waals surface area contributed by atoms with E-state index < -0.39 is 5.60 Å². The summed E-state index contributed by atoms with van der Waals surface area (Å²) in [4.78, 5) is 11.3. The van der Waals surface area contributed by atoms with Crippen LogP contribution in [-0.2, 0) is 5.60 Å². The molecular formula is C25H26N3OP. The Balaban J connectivity index is 1.91. The molecule has 0 aliphatic carbocycles. The Labute approximate surface area is 179 Å². The van der Waals surface area contributed by atoms with Gasteiger partial charge in [-0.15, -0.1) is 0 Å². The van der Waals surface area contributed by atoms with Crippen molar-refractivity contribution in [1.82, 2.24) is 14.9 Å². The van der Waals surface area contributed by atoms with Crippen molar-refractivity contribution in [2.45, 2.75) is 12.0 Å². The Morgan fingerprint density at radius 2 is 1.73 bits per heavy atom. The third-order valence-electron chi connectivity index (χ3n) is 5.40. The zero-order valence-electron chi connectivity index (χ0n) is 17.3. The summed E-state index contributed by atoms with van der Waals surface area (Å²) in [7, 11) is 6.71. The molecule has 0 saturated carbocycles. The number of aromatic nitrogens is 2. The molecule has 2 unspecified atom stereocenters. The number of hydrogen-bond donors (Lipinski definition) is 1. The molecule has 2 aromatic heterocycles. The maximum absolute atomic E-state index is 11.9. The lowest BCUT2D eigenvalue weighted by Crippen LogP contribution is -2.32. The molecule has 4 aromatic rings. The van der Waals surface area contributed by atoms with Gasteiger partial charge in [-0.05, 0) is 67.5 Å². The van der Waals surface area contributed by atoms with Gasteiger partial charge in [-0.25, -0.2) is 4.98 Å². The first kappa shape index (κ1) is 20.6. The van der Waals surface area contributed by atoms with Crippen LogP contribution in [-0.4, -0.2) is 40.6 Å². The fourth-order valence-electron chi connectivity index (χ4n) is 3.77. The van der Waals surface area contributed by atoms with E-state index in [1.54, 1.807) is 6.20 Å². The first-order valence-corrected chi connectivity index (χ1v) is 10.6. The normalized spacial score (nSPS) is 13.5. The van der Waals surface area contributed by atoms with Gasteiger partial charge in [-0.2, -0.15) is 0 Å². The molecule has 2 atom stereocenters. The molecule has 0 amide bonds. The summed E-state index contributed by atoms with van der Waals surface area (Å²) >= 11 is 0. The smallest absolute Gasteiger partial charge is 0.133 e. The molecule has 2 heterocycles. The molecule has 5 heteroatoms. The molecule has 0 saturated heterocycles. The second-order valence-electron chi connectivity index (χ2n) is 7.82. The SMILES string of the molecule is CN(C)CCC(O)(c1ccc2nc(P)cc(-c3ccccc3)c2c1)c1ccccn1. The van der Waals surface area contributed by atoms with Crippen LogP contribution in [0, 0.1) is 0 Å². The van der Waals surface area contributed by atoms with E-state index in [9.17, 15) is 5.11 Å². The van der Waals surface area contributed by atoms with Crippen LogP contribution in [0.4, 0.5) is 0 Å². The summed E-state index contributed by atoms with van der Waals surface area (Å²) in [6.45, 7) is 0.736. The van der Waals surface area contributed by atoms with Crippen LogP contribution in [0.5, 0.6) is 0 Å². The standard InChI is InChI=1S/C25H26N3OP/c1-28(2)15-13-25(29,23-10-6-7-14-26-23)19-11-12-22-21(16-19)20(17-24(30)27-22)18-8-4-3-5-9-18/h3-12,14,16-17,29H,13,15,30H2,1-2H3. The van der Waals surface area contributed by atoms with Crippen LogP contribution in [0.25, 0.3) is 22.0 Å². The van der Waals surface area contributed by atoms with Crippen molar-refractivity contribution >= 4 is 25.6 Å². The molecular weight excluding hydrogens is 389 g/mol. The number of rotatable bonds is 6. The van der Waals surface area contributed by atoms with E-state index in [0.29, 0.717) is 12.1 Å². The van der Waals surface area contributed by atoms with Gasteiger partial charge in [-0.3, -0.25) is 4.98 Å². The first-order chi connectivity index (χ1) is 14.5. The van der Waals surface area contributed by atoms with Crippen LogP contribution >= 0.6 is 9.24 Å². The minimum absolute atomic E-state index is 0.540. The third-order valence-corrected chi connectivity index (χ3v) is 5.70. The van der Waals surface area contributed by atoms with Crippen LogP contribution in [0.15, 0.2) is 79.0 Å². The second-order valence-corrected chi connectivity index (χ2v) is 8.41. The summed E-state index contributed by atoms with van der Waals surface area (Å²) in [5, 5.41) is 12.9. The Hall–Kier alpha value is -2.65. The number of aliphatic hydroxyl groups is 1. The zero-order chi connectivity index (χ0) is 21.1. The molecule has 2 aromatic carbocycles. The highest BCUT2D eigenvalue weighted by Gasteiger charge is 2.33. The fourth-order valence-corrected chi connectivity index (χ4v) is 4.08. The van der Waals surface area contributed by atoms with Crippen molar-refractivity contribution in [3.05, 3.63) is 90.3 Å². The monoisotopic (exact) mass is 415 g/mol. The quantitative estimate of drug-likeness (QED) is 0.484. The number of hydrogen-bond acceptors (Lipinski definition) is 4. The summed E-state index contributed by atoms with van der Waals surface area (Å²) in [5.41, 5.74) is 4.31. The summed E-state index contributed by atoms with van der Waals surface area (Å²) in [6, 6.07) is 24.1. The Morgan fingerprint density at radius 1 is 0.967 bits per heavy atom. The van der Waals surface area contributed by atoms with E-state index in [0.717, 1.165) is 39.6 Å². The lowest BCUT2D eigenvalue weighted by molar-refractivity contribution is 0.0587. The molecule has 1 N–H and O–H groups in total. The average molecular weight is 415 g/mol. The van der Waals surface area contributed by atoms with Crippen molar-refractivity contribution in [3.63, 3.8) is 0 Å². The maximum atomic E-state index is 11.9. The minimum atomic E-state index is -1.19. The molecule has 0 radical (unpaired) electrons. The molecule has 30 heavy (non-hydrogen) atoms. The predicted octanol–water partition coefficient (Wildman–Crippen LogP) is 3.98. The molecule has 0 bridgehead atoms. The van der Waals surface area contributed by atoms with Gasteiger partial charge in [0.2, 0.25) is 0 Å². The van der Waals surface area contributed by atoms with Gasteiger partial charge < -0.3 is 10.0 Å². The van der Waals surface area contributed by atoms with Crippen molar-refractivity contribution in [2.24, 2.45) is 0 Å². The Kier molecular flexibility index (Phi) is 5.92. The molecule has 4 nitrogen and oxygen atoms in total. The van der Waals surface area contributed by atoms with E-state index in [2.05, 4.69) is 48.4 Å². The van der Waals surface area contributed by atoms with E-state index >= 15 is 0 Å². The van der Waals surface area contributed by atoms with Crippen LogP contribution < -0.4 is 5.44 Å². The Bertz CT molecular complexity index is 1150. The van der Waals surface area contributed by atoms with Gasteiger partial charge in [0.05, 0.1) is 16.6 Å². The minimum Gasteiger partial charge on any atom is -0.379 e. The van der Waals surface area contributed by atoms with Gasteiger partial charge in [0, 0.05) is 18.1 Å². The van der Waals surface area contributed by atoms with Gasteiger partial charge in [0.25, 0.3) is 0 Å². The third kappa shape index (κ3) is 4.13. The number of benzene rings is 2. The van der Waals surface area contributed by atoms with Gasteiger partial charge in [0.15, 0.2) is 0 Å². The van der Waals surface area contributed by atoms with Crippen molar-refractivity contribution < 1.29 is 5.11 Å². The maximum Gasteiger partial charge on any atom is 0.133 e. The first-order valence-electron chi connectivity index (χ1n) is 10.0. The van der Waals surface area contributed by atoms with Crippen molar-refractivity contribution in [3.8, 4) is 11.1 Å². The number of fused-ring (bicyclic) bond motifs is 1. The van der Waals surface area contributed by atoms with Gasteiger partial charge >= 0.3 is 0 Å². The van der Waals surface area contributed by atoms with Crippen LogP contribution in [0.2, 0.25) is 0 Å². The fraction of sp³-hybridized carbons (Fsp3) is 0.200. The Morgan fingerprint density at radius 3 is 2.43 bits per heavy atom. The lowest BCUT2D eigenvalue weighted by Gasteiger charge is -2.30. The largest absolute Gasteiger partial charge is 0.379 e. The summed E-state index contributed by atoms with van der Waals surface area (Å²) in [6.07, 6.45) is 2.27. The highest BCUT2D eigenvalue weighted by atomic mass is 31.0. The average Bonchev–Trinajstić information content (AvgIpc) is 2.77. The number of pyridine rings is 2. The van der Waals surface area contributed by atoms with Crippen LogP contribution in [0.1, 0.15) is 17.7 Å². The zero-order valence-corrected chi connectivity index (χ0v) is 18.4. The molecule has 4 rings (SSSR count). The molecule has 0 fully saturated rings. The van der Waals surface area contributed by atoms with Crippen LogP contribution in [0.3, 0.4) is 0 Å². The lowest BCUT2D eigenvalue weighted by atomic mass is 9.85. The highest BCUT2D eigenvalue weighted by molar-refractivity contribution is 7.27. The molecule has 0 aliphatic rings. The summed E-state index contributed by atoms with van der Waals surface area (Å²) in [5.74, 6) is 0. The van der Waals surface area contributed by atoms with Crippen molar-refractivity contribution in [2.75, 3.05) is 20.6 Å². The van der Waals surface area contributed by atoms with E-state index in [1.165, 1.54) is 0 Å². The highest BCUT2D eigenvalue weighted by Crippen LogP contribution is 2.36. The molecule has 0 spiro atoms. The van der Waals surface area contributed by atoms with E-state index in [4.69, 9.17) is 0 Å². The number of nitrogens with zero attached hydrogens (tertiary/aromatic N) is 3.